The molecular formula is C18H20ClNO2. The van der Waals surface area contributed by atoms with Crippen molar-refractivity contribution in [2.45, 2.75) is 33.1 Å². The summed E-state index contributed by atoms with van der Waals surface area (Å²) in [5.41, 5.74) is 2.65. The summed E-state index contributed by atoms with van der Waals surface area (Å²) in [5.74, 6) is -0.428. The first kappa shape index (κ1) is 16.4. The molecule has 2 rings (SSSR count). The Morgan fingerprint density at radius 1 is 1.14 bits per heavy atom. The smallest absolute Gasteiger partial charge is 0.259 e. The summed E-state index contributed by atoms with van der Waals surface area (Å²) in [6, 6.07) is 10.5. The van der Waals surface area contributed by atoms with Crippen LogP contribution in [0.25, 0.3) is 0 Å². The maximum atomic E-state index is 12.4. The number of aryl methyl sites for hydroxylation is 1. The molecule has 1 amide bonds. The molecule has 0 radical (unpaired) electrons. The maximum Gasteiger partial charge on any atom is 0.259 e. The first-order valence-electron chi connectivity index (χ1n) is 7.09. The fourth-order valence-electron chi connectivity index (χ4n) is 2.10. The molecular weight excluding hydrogens is 298 g/mol. The van der Waals surface area contributed by atoms with Gasteiger partial charge in [0.1, 0.15) is 5.75 Å². The number of anilines is 1. The van der Waals surface area contributed by atoms with E-state index in [1.54, 1.807) is 24.3 Å². The topological polar surface area (TPSA) is 49.3 Å². The highest BCUT2D eigenvalue weighted by molar-refractivity contribution is 6.34. The van der Waals surface area contributed by atoms with Gasteiger partial charge in [-0.15, -0.1) is 0 Å². The zero-order chi connectivity index (χ0) is 16.5. The third-order valence-corrected chi connectivity index (χ3v) is 3.79. The quantitative estimate of drug-likeness (QED) is 0.827. The van der Waals surface area contributed by atoms with Crippen LogP contribution in [0.2, 0.25) is 5.02 Å². The predicted molar refractivity (Wildman–Crippen MR) is 90.9 cm³/mol. The summed E-state index contributed by atoms with van der Waals surface area (Å²) in [4.78, 5) is 12.4. The van der Waals surface area contributed by atoms with Crippen molar-refractivity contribution < 1.29 is 9.90 Å². The molecule has 0 atom stereocenters. The minimum absolute atomic E-state index is 0.0475. The number of carbonyl (C=O) groups is 1. The highest BCUT2D eigenvalue weighted by Gasteiger charge is 2.19. The summed E-state index contributed by atoms with van der Waals surface area (Å²) >= 11 is 6.13. The molecule has 0 saturated carbocycles. The molecule has 0 aliphatic heterocycles. The number of nitrogens with one attached hydrogen (secondary N) is 1. The Morgan fingerprint density at radius 2 is 1.82 bits per heavy atom. The number of rotatable bonds is 2. The van der Waals surface area contributed by atoms with Crippen LogP contribution in [0.5, 0.6) is 5.75 Å². The van der Waals surface area contributed by atoms with Gasteiger partial charge in [-0.3, -0.25) is 4.79 Å². The van der Waals surface area contributed by atoms with Crippen LogP contribution in [-0.2, 0) is 5.41 Å². The van der Waals surface area contributed by atoms with Crippen molar-refractivity contribution in [2.75, 3.05) is 5.32 Å². The molecule has 0 aromatic heterocycles. The van der Waals surface area contributed by atoms with Crippen molar-refractivity contribution in [3.63, 3.8) is 0 Å². The molecule has 0 spiro atoms. The number of phenols is 1. The Kier molecular flexibility index (Phi) is 4.47. The van der Waals surface area contributed by atoms with Gasteiger partial charge < -0.3 is 10.4 Å². The molecule has 0 heterocycles. The summed E-state index contributed by atoms with van der Waals surface area (Å²) in [6.07, 6.45) is 0. The van der Waals surface area contributed by atoms with Crippen LogP contribution in [0.1, 0.15) is 42.3 Å². The zero-order valence-electron chi connectivity index (χ0n) is 13.2. The van der Waals surface area contributed by atoms with E-state index in [4.69, 9.17) is 11.6 Å². The number of phenolic OH excluding ortho intramolecular Hbond substituents is 1. The molecule has 0 fully saturated rings. The second-order valence-electron chi connectivity index (χ2n) is 6.42. The molecule has 116 valence electrons. The molecule has 0 bridgehead atoms. The highest BCUT2D eigenvalue weighted by Crippen LogP contribution is 2.29. The largest absolute Gasteiger partial charge is 0.507 e. The Hall–Kier alpha value is -2.00. The van der Waals surface area contributed by atoms with Gasteiger partial charge >= 0.3 is 0 Å². The number of carbonyl (C=O) groups excluding carboxylic acids is 1. The Labute approximate surface area is 135 Å². The van der Waals surface area contributed by atoms with E-state index in [0.717, 1.165) is 11.1 Å². The van der Waals surface area contributed by atoms with E-state index in [2.05, 4.69) is 26.1 Å². The van der Waals surface area contributed by atoms with Crippen LogP contribution in [0.3, 0.4) is 0 Å². The third-order valence-electron chi connectivity index (χ3n) is 3.48. The molecule has 3 nitrogen and oxygen atoms in total. The van der Waals surface area contributed by atoms with Crippen LogP contribution in [0, 0.1) is 6.92 Å². The van der Waals surface area contributed by atoms with E-state index in [-0.39, 0.29) is 22.6 Å². The van der Waals surface area contributed by atoms with Crippen LogP contribution in [0.15, 0.2) is 36.4 Å². The maximum absolute atomic E-state index is 12.4. The van der Waals surface area contributed by atoms with Gasteiger partial charge in [0.25, 0.3) is 5.91 Å². The first-order chi connectivity index (χ1) is 10.2. The predicted octanol–water partition coefficient (Wildman–Crippen LogP) is 4.90. The molecule has 4 heteroatoms. The summed E-state index contributed by atoms with van der Waals surface area (Å²) in [7, 11) is 0. The third kappa shape index (κ3) is 3.60. The molecule has 0 saturated heterocycles. The average Bonchev–Trinajstić information content (AvgIpc) is 2.41. The lowest BCUT2D eigenvalue weighted by atomic mass is 9.86. The monoisotopic (exact) mass is 317 g/mol. The van der Waals surface area contributed by atoms with Crippen molar-refractivity contribution in [1.29, 1.82) is 0 Å². The number of aromatic hydroxyl groups is 1. The second-order valence-corrected chi connectivity index (χ2v) is 6.83. The number of hydrogen-bond donors (Lipinski definition) is 2. The first-order valence-corrected chi connectivity index (χ1v) is 7.47. The van der Waals surface area contributed by atoms with Crippen molar-refractivity contribution in [1.82, 2.24) is 0 Å². The fraction of sp³-hybridized carbons (Fsp3) is 0.278. The van der Waals surface area contributed by atoms with Gasteiger partial charge in [-0.1, -0.05) is 44.5 Å². The molecule has 2 aromatic rings. The van der Waals surface area contributed by atoms with E-state index in [9.17, 15) is 9.90 Å². The van der Waals surface area contributed by atoms with Gasteiger partial charge in [0.2, 0.25) is 0 Å². The summed E-state index contributed by atoms with van der Waals surface area (Å²) in [6.45, 7) is 8.09. The summed E-state index contributed by atoms with van der Waals surface area (Å²) in [5, 5.41) is 13.2. The lowest BCUT2D eigenvalue weighted by molar-refractivity contribution is 0.102. The normalized spacial score (nSPS) is 11.3. The van der Waals surface area contributed by atoms with Crippen LogP contribution in [-0.4, -0.2) is 11.0 Å². The second kappa shape index (κ2) is 6.01. The van der Waals surface area contributed by atoms with Crippen LogP contribution < -0.4 is 5.32 Å². The average molecular weight is 318 g/mol. The zero-order valence-corrected chi connectivity index (χ0v) is 14.0. The standard InChI is InChI=1S/C18H20ClNO2/c1-11-5-7-15(14(19)9-11)20-17(22)13-10-12(18(2,3)4)6-8-16(13)21/h5-10,21H,1-4H3,(H,20,22). The van der Waals surface area contributed by atoms with Gasteiger partial charge in [0.05, 0.1) is 16.3 Å². The fourth-order valence-corrected chi connectivity index (χ4v) is 2.38. The number of halogens is 1. The van der Waals surface area contributed by atoms with Gasteiger partial charge in [0.15, 0.2) is 0 Å². The van der Waals surface area contributed by atoms with Gasteiger partial charge in [0, 0.05) is 0 Å². The Bertz CT molecular complexity index is 718. The minimum Gasteiger partial charge on any atom is -0.507 e. The lowest BCUT2D eigenvalue weighted by Crippen LogP contribution is -2.16. The van der Waals surface area contributed by atoms with E-state index < -0.39 is 0 Å². The molecule has 0 aliphatic carbocycles. The van der Waals surface area contributed by atoms with Crippen LogP contribution >= 0.6 is 11.6 Å². The Balaban J connectivity index is 2.33. The van der Waals surface area contributed by atoms with Crippen molar-refractivity contribution >= 4 is 23.2 Å². The minimum atomic E-state index is -0.380. The summed E-state index contributed by atoms with van der Waals surface area (Å²) < 4.78 is 0. The van der Waals surface area contributed by atoms with Crippen molar-refractivity contribution in [3.8, 4) is 5.75 Å². The molecule has 0 aliphatic rings. The molecule has 2 N–H and O–H groups in total. The van der Waals surface area contributed by atoms with Crippen LogP contribution in [0.4, 0.5) is 5.69 Å². The van der Waals surface area contributed by atoms with Gasteiger partial charge in [-0.05, 0) is 47.7 Å². The van der Waals surface area contributed by atoms with E-state index in [1.807, 2.05) is 19.1 Å². The number of amides is 1. The van der Waals surface area contributed by atoms with Crippen molar-refractivity contribution in [2.24, 2.45) is 0 Å². The lowest BCUT2D eigenvalue weighted by Gasteiger charge is -2.20. The van der Waals surface area contributed by atoms with Crippen molar-refractivity contribution in [3.05, 3.63) is 58.1 Å². The van der Waals surface area contributed by atoms with Gasteiger partial charge in [-0.25, -0.2) is 0 Å². The molecule has 0 unspecified atom stereocenters. The van der Waals surface area contributed by atoms with E-state index in [1.165, 1.54) is 0 Å². The van der Waals surface area contributed by atoms with E-state index in [0.29, 0.717) is 10.7 Å². The molecule has 2 aromatic carbocycles. The molecule has 22 heavy (non-hydrogen) atoms. The number of hydrogen-bond acceptors (Lipinski definition) is 2. The Morgan fingerprint density at radius 3 is 2.41 bits per heavy atom. The SMILES string of the molecule is Cc1ccc(NC(=O)c2cc(C(C)(C)C)ccc2O)c(Cl)c1. The van der Waals surface area contributed by atoms with Gasteiger partial charge in [-0.2, -0.15) is 0 Å². The number of benzene rings is 2. The van der Waals surface area contributed by atoms with E-state index >= 15 is 0 Å². The highest BCUT2D eigenvalue weighted by atomic mass is 35.5.